The van der Waals surface area contributed by atoms with Gasteiger partial charge in [0.15, 0.2) is 16.9 Å². The fraction of sp³-hybridized carbons (Fsp3) is 0.118. The number of ether oxygens (including phenoxy) is 2. The van der Waals surface area contributed by atoms with Crippen molar-refractivity contribution in [3.8, 4) is 17.3 Å². The maximum absolute atomic E-state index is 12.0. The molecule has 1 aromatic carbocycles. The molecule has 7 nitrogen and oxygen atoms in total. The van der Waals surface area contributed by atoms with Crippen LogP contribution in [0.5, 0.6) is 11.5 Å². The van der Waals surface area contributed by atoms with Gasteiger partial charge in [-0.3, -0.25) is 9.36 Å². The van der Waals surface area contributed by atoms with E-state index in [1.165, 1.54) is 17.1 Å². The topological polar surface area (TPSA) is 78.3 Å². The van der Waals surface area contributed by atoms with E-state index in [1.54, 1.807) is 43.5 Å². The number of anilines is 1. The summed E-state index contributed by atoms with van der Waals surface area (Å²) < 4.78 is 12.0. The number of pyridine rings is 1. The summed E-state index contributed by atoms with van der Waals surface area (Å²) in [6, 6.07) is 10.3. The first-order valence-electron chi connectivity index (χ1n) is 7.48. The van der Waals surface area contributed by atoms with Crippen molar-refractivity contribution in [1.29, 1.82) is 0 Å². The Labute approximate surface area is 159 Å². The molecule has 0 radical (unpaired) electrons. The van der Waals surface area contributed by atoms with Crippen molar-refractivity contribution < 1.29 is 14.3 Å². The number of carbonyl (C=O) groups is 1. The van der Waals surface area contributed by atoms with E-state index in [0.717, 1.165) is 0 Å². The lowest BCUT2D eigenvalue weighted by Crippen LogP contribution is -2.20. The summed E-state index contributed by atoms with van der Waals surface area (Å²) in [6.45, 7) is -0.128. The Bertz CT molecular complexity index is 895. The molecule has 3 rings (SSSR count). The molecule has 2 heterocycles. The van der Waals surface area contributed by atoms with E-state index < -0.39 is 0 Å². The van der Waals surface area contributed by atoms with Gasteiger partial charge in [-0.1, -0.05) is 23.2 Å². The Morgan fingerprint density at radius 2 is 1.85 bits per heavy atom. The maximum atomic E-state index is 12.0. The smallest absolute Gasteiger partial charge is 0.262 e. The summed E-state index contributed by atoms with van der Waals surface area (Å²) in [5.41, 5.74) is 0.527. The third-order valence-corrected chi connectivity index (χ3v) is 4.11. The van der Waals surface area contributed by atoms with E-state index in [4.69, 9.17) is 32.7 Å². The number of rotatable bonds is 6. The van der Waals surface area contributed by atoms with Crippen LogP contribution >= 0.6 is 23.2 Å². The van der Waals surface area contributed by atoms with E-state index in [0.29, 0.717) is 23.0 Å². The summed E-state index contributed by atoms with van der Waals surface area (Å²) in [5.74, 6) is 1.51. The number of halogens is 2. The fourth-order valence-corrected chi connectivity index (χ4v) is 2.41. The van der Waals surface area contributed by atoms with Crippen LogP contribution in [0.1, 0.15) is 0 Å². The number of hydrogen-bond donors (Lipinski definition) is 1. The molecule has 0 bridgehead atoms. The number of carbonyl (C=O) groups excluding carboxylic acids is 1. The molecule has 3 aromatic rings. The first kappa shape index (κ1) is 18.0. The van der Waals surface area contributed by atoms with Crippen molar-refractivity contribution in [2.75, 3.05) is 19.0 Å². The Morgan fingerprint density at radius 3 is 2.42 bits per heavy atom. The van der Waals surface area contributed by atoms with Crippen LogP contribution in [-0.2, 0) is 4.79 Å². The molecule has 26 heavy (non-hydrogen) atoms. The standard InChI is InChI=1S/C17H14Cl2N4O3/c1-25-12-3-5-13(6-4-12)26-9-15(24)22-11-2-7-14(20-8-11)23-10-21-16(18)17(23)19/h2-8,10H,9H2,1H3,(H,22,24). The SMILES string of the molecule is COc1ccc(OCC(=O)Nc2ccc(-n3cnc(Cl)c3Cl)nc2)cc1. The second-order valence-electron chi connectivity index (χ2n) is 5.11. The van der Waals surface area contributed by atoms with Gasteiger partial charge in [0.05, 0.1) is 19.0 Å². The van der Waals surface area contributed by atoms with Crippen LogP contribution in [0.25, 0.3) is 5.82 Å². The minimum absolute atomic E-state index is 0.128. The highest BCUT2D eigenvalue weighted by molar-refractivity contribution is 6.40. The maximum Gasteiger partial charge on any atom is 0.262 e. The molecule has 0 unspecified atom stereocenters. The van der Waals surface area contributed by atoms with Crippen LogP contribution in [0, 0.1) is 0 Å². The number of nitrogens with one attached hydrogen (secondary N) is 1. The number of imidazole rings is 1. The second kappa shape index (κ2) is 8.07. The van der Waals surface area contributed by atoms with Crippen LogP contribution in [0.4, 0.5) is 5.69 Å². The van der Waals surface area contributed by atoms with Gasteiger partial charge in [0.1, 0.15) is 23.6 Å². The molecule has 0 fully saturated rings. The summed E-state index contributed by atoms with van der Waals surface area (Å²) in [7, 11) is 1.58. The molecule has 0 aliphatic heterocycles. The highest BCUT2D eigenvalue weighted by atomic mass is 35.5. The molecule has 0 saturated heterocycles. The number of nitrogens with zero attached hydrogens (tertiary/aromatic N) is 3. The van der Waals surface area contributed by atoms with Gasteiger partial charge < -0.3 is 14.8 Å². The molecule has 2 aromatic heterocycles. The predicted octanol–water partition coefficient (Wildman–Crippen LogP) is 3.60. The zero-order valence-corrected chi connectivity index (χ0v) is 15.2. The Balaban J connectivity index is 1.56. The first-order valence-corrected chi connectivity index (χ1v) is 8.24. The number of methoxy groups -OCH3 is 1. The van der Waals surface area contributed by atoms with Gasteiger partial charge in [-0.15, -0.1) is 0 Å². The zero-order chi connectivity index (χ0) is 18.5. The minimum Gasteiger partial charge on any atom is -0.497 e. The third kappa shape index (κ3) is 4.25. The third-order valence-electron chi connectivity index (χ3n) is 3.38. The van der Waals surface area contributed by atoms with Crippen LogP contribution in [0.15, 0.2) is 48.9 Å². The number of hydrogen-bond acceptors (Lipinski definition) is 5. The van der Waals surface area contributed by atoms with E-state index >= 15 is 0 Å². The van der Waals surface area contributed by atoms with Gasteiger partial charge >= 0.3 is 0 Å². The quantitative estimate of drug-likeness (QED) is 0.693. The molecule has 0 spiro atoms. The minimum atomic E-state index is -0.306. The number of benzene rings is 1. The first-order chi connectivity index (χ1) is 12.6. The lowest BCUT2D eigenvalue weighted by molar-refractivity contribution is -0.118. The largest absolute Gasteiger partial charge is 0.497 e. The molecule has 9 heteroatoms. The van der Waals surface area contributed by atoms with Crippen LogP contribution in [-0.4, -0.2) is 34.2 Å². The summed E-state index contributed by atoms with van der Waals surface area (Å²) in [4.78, 5) is 20.1. The molecule has 0 atom stereocenters. The average molecular weight is 393 g/mol. The molecule has 1 N–H and O–H groups in total. The van der Waals surface area contributed by atoms with Crippen molar-refractivity contribution in [2.24, 2.45) is 0 Å². The number of aromatic nitrogens is 3. The molecule has 134 valence electrons. The van der Waals surface area contributed by atoms with Crippen molar-refractivity contribution >= 4 is 34.8 Å². The van der Waals surface area contributed by atoms with Gasteiger partial charge in [0.25, 0.3) is 5.91 Å². The normalized spacial score (nSPS) is 10.4. The molecule has 0 saturated carbocycles. The molecule has 0 aliphatic rings. The van der Waals surface area contributed by atoms with Crippen molar-refractivity contribution in [3.05, 3.63) is 59.2 Å². The van der Waals surface area contributed by atoms with Gasteiger partial charge in [-0.2, -0.15) is 0 Å². The lowest BCUT2D eigenvalue weighted by Gasteiger charge is -2.09. The Kier molecular flexibility index (Phi) is 5.60. The van der Waals surface area contributed by atoms with Gasteiger partial charge in [0.2, 0.25) is 0 Å². The Hall–Kier alpha value is -2.77. The van der Waals surface area contributed by atoms with E-state index in [1.807, 2.05) is 0 Å². The van der Waals surface area contributed by atoms with Gasteiger partial charge in [-0.05, 0) is 36.4 Å². The predicted molar refractivity (Wildman–Crippen MR) is 98.5 cm³/mol. The summed E-state index contributed by atoms with van der Waals surface area (Å²) in [6.07, 6.45) is 2.97. The van der Waals surface area contributed by atoms with Crippen LogP contribution in [0.3, 0.4) is 0 Å². The van der Waals surface area contributed by atoms with Gasteiger partial charge in [-0.25, -0.2) is 9.97 Å². The zero-order valence-electron chi connectivity index (χ0n) is 13.6. The second-order valence-corrected chi connectivity index (χ2v) is 5.83. The molecular weight excluding hydrogens is 379 g/mol. The average Bonchev–Trinajstić information content (AvgIpc) is 3.00. The van der Waals surface area contributed by atoms with Crippen molar-refractivity contribution in [3.63, 3.8) is 0 Å². The van der Waals surface area contributed by atoms with Crippen LogP contribution < -0.4 is 14.8 Å². The Morgan fingerprint density at radius 1 is 1.12 bits per heavy atom. The fourth-order valence-electron chi connectivity index (χ4n) is 2.09. The van der Waals surface area contributed by atoms with Crippen molar-refractivity contribution in [1.82, 2.24) is 14.5 Å². The lowest BCUT2D eigenvalue weighted by atomic mass is 10.3. The highest BCUT2D eigenvalue weighted by Gasteiger charge is 2.09. The molecule has 1 amide bonds. The summed E-state index contributed by atoms with van der Waals surface area (Å²) >= 11 is 11.8. The van der Waals surface area contributed by atoms with Crippen molar-refractivity contribution in [2.45, 2.75) is 0 Å². The highest BCUT2D eigenvalue weighted by Crippen LogP contribution is 2.23. The number of amides is 1. The molecular formula is C17H14Cl2N4O3. The van der Waals surface area contributed by atoms with E-state index in [2.05, 4.69) is 15.3 Å². The van der Waals surface area contributed by atoms with E-state index in [-0.39, 0.29) is 22.8 Å². The van der Waals surface area contributed by atoms with Crippen LogP contribution in [0.2, 0.25) is 10.3 Å². The van der Waals surface area contributed by atoms with Gasteiger partial charge in [0, 0.05) is 0 Å². The molecule has 0 aliphatic carbocycles. The summed E-state index contributed by atoms with van der Waals surface area (Å²) in [5, 5.41) is 3.16. The monoisotopic (exact) mass is 392 g/mol. The van der Waals surface area contributed by atoms with E-state index in [9.17, 15) is 4.79 Å².